The summed E-state index contributed by atoms with van der Waals surface area (Å²) in [4.78, 5) is 0. The van der Waals surface area contributed by atoms with Crippen LogP contribution in [0.5, 0.6) is 0 Å². The van der Waals surface area contributed by atoms with Crippen LogP contribution in [0.25, 0.3) is 0 Å². The van der Waals surface area contributed by atoms with Crippen LogP contribution in [-0.2, 0) is 5.60 Å². The van der Waals surface area contributed by atoms with Crippen LogP contribution in [-0.4, -0.2) is 16.8 Å². The number of halogens is 3. The Balaban J connectivity index is 3.29. The molecule has 0 saturated carbocycles. The van der Waals surface area contributed by atoms with E-state index in [9.17, 15) is 9.50 Å². The summed E-state index contributed by atoms with van der Waals surface area (Å²) in [5.41, 5.74) is -2.09. The molecule has 0 heterocycles. The number of hydrogen-bond acceptors (Lipinski definition) is 2. The lowest BCUT2D eigenvalue weighted by Crippen LogP contribution is -2.30. The van der Waals surface area contributed by atoms with Crippen LogP contribution in [0.2, 0.25) is 10.0 Å². The third-order valence-corrected chi connectivity index (χ3v) is 2.45. The van der Waals surface area contributed by atoms with Gasteiger partial charge in [-0.05, 0) is 23.8 Å². The second-order valence-corrected chi connectivity index (χ2v) is 3.95. The van der Waals surface area contributed by atoms with E-state index in [2.05, 4.69) is 6.58 Å². The molecule has 0 aliphatic rings. The highest BCUT2D eigenvalue weighted by Crippen LogP contribution is 2.32. The molecule has 0 radical (unpaired) electrons. The van der Waals surface area contributed by atoms with E-state index in [1.165, 1.54) is 18.2 Å². The molecular weight excluding hydrogens is 242 g/mol. The van der Waals surface area contributed by atoms with Crippen LogP contribution in [0.15, 0.2) is 30.6 Å². The molecule has 1 atom stereocenters. The lowest BCUT2D eigenvalue weighted by Gasteiger charge is -2.24. The molecule has 82 valence electrons. The Kier molecular flexibility index (Phi) is 3.73. The van der Waals surface area contributed by atoms with Gasteiger partial charge >= 0.3 is 0 Å². The van der Waals surface area contributed by atoms with Crippen LogP contribution in [0.3, 0.4) is 0 Å². The van der Waals surface area contributed by atoms with Crippen molar-refractivity contribution in [2.75, 3.05) is 6.61 Å². The molecule has 0 aliphatic heterocycles. The number of hydrogen-bond donors (Lipinski definition) is 2. The van der Waals surface area contributed by atoms with E-state index < -0.39 is 18.0 Å². The quantitative estimate of drug-likeness (QED) is 0.866. The van der Waals surface area contributed by atoms with Gasteiger partial charge in [-0.1, -0.05) is 29.8 Å². The van der Waals surface area contributed by atoms with Crippen molar-refractivity contribution in [2.24, 2.45) is 0 Å². The molecule has 0 aliphatic carbocycles. The topological polar surface area (TPSA) is 40.5 Å². The van der Waals surface area contributed by atoms with Crippen LogP contribution in [0.1, 0.15) is 5.56 Å². The van der Waals surface area contributed by atoms with Gasteiger partial charge in [0.1, 0.15) is 5.83 Å². The molecule has 0 saturated heterocycles. The third-order valence-electron chi connectivity index (χ3n) is 2.02. The molecule has 0 aromatic heterocycles. The summed E-state index contributed by atoms with van der Waals surface area (Å²) in [6.07, 6.45) is 0. The second-order valence-electron chi connectivity index (χ2n) is 3.08. The highest BCUT2D eigenvalue weighted by atomic mass is 35.5. The zero-order valence-corrected chi connectivity index (χ0v) is 9.19. The van der Waals surface area contributed by atoms with Crippen molar-refractivity contribution in [2.45, 2.75) is 5.60 Å². The first-order valence-electron chi connectivity index (χ1n) is 4.05. The third kappa shape index (κ3) is 2.49. The average molecular weight is 251 g/mol. The smallest absolute Gasteiger partial charge is 0.163 e. The molecule has 0 bridgehead atoms. The highest BCUT2D eigenvalue weighted by molar-refractivity contribution is 6.34. The van der Waals surface area contributed by atoms with Gasteiger partial charge in [0.05, 0.1) is 6.61 Å². The van der Waals surface area contributed by atoms with E-state index in [0.717, 1.165) is 0 Å². The van der Waals surface area contributed by atoms with E-state index in [4.69, 9.17) is 28.3 Å². The Labute approximate surface area is 96.6 Å². The van der Waals surface area contributed by atoms with Crippen molar-refractivity contribution in [1.82, 2.24) is 0 Å². The molecule has 0 spiro atoms. The lowest BCUT2D eigenvalue weighted by molar-refractivity contribution is -0.00366. The van der Waals surface area contributed by atoms with E-state index in [0.29, 0.717) is 0 Å². The number of aliphatic hydroxyl groups excluding tert-OH is 1. The lowest BCUT2D eigenvalue weighted by atomic mass is 9.94. The summed E-state index contributed by atoms with van der Waals surface area (Å²) < 4.78 is 13.0. The van der Waals surface area contributed by atoms with Gasteiger partial charge in [0.25, 0.3) is 0 Å². The monoisotopic (exact) mass is 250 g/mol. The van der Waals surface area contributed by atoms with Gasteiger partial charge in [-0.3, -0.25) is 0 Å². The second kappa shape index (κ2) is 4.49. The van der Waals surface area contributed by atoms with Gasteiger partial charge in [0, 0.05) is 10.0 Å². The fourth-order valence-corrected chi connectivity index (χ4v) is 1.65. The molecule has 5 heteroatoms. The molecule has 2 nitrogen and oxygen atoms in total. The fourth-order valence-electron chi connectivity index (χ4n) is 1.13. The maximum Gasteiger partial charge on any atom is 0.163 e. The van der Waals surface area contributed by atoms with Gasteiger partial charge in [-0.15, -0.1) is 0 Å². The van der Waals surface area contributed by atoms with Crippen molar-refractivity contribution in [1.29, 1.82) is 0 Å². The number of aliphatic hydroxyl groups is 2. The molecule has 1 aromatic carbocycles. The first-order chi connectivity index (χ1) is 6.90. The number of benzene rings is 1. The predicted octanol–water partition coefficient (Wildman–Crippen LogP) is 2.66. The van der Waals surface area contributed by atoms with Crippen LogP contribution < -0.4 is 0 Å². The number of rotatable bonds is 3. The zero-order chi connectivity index (χ0) is 11.6. The summed E-state index contributed by atoms with van der Waals surface area (Å²) >= 11 is 11.4. The highest BCUT2D eigenvalue weighted by Gasteiger charge is 2.33. The molecule has 1 unspecified atom stereocenters. The van der Waals surface area contributed by atoms with Gasteiger partial charge in [0.15, 0.2) is 5.60 Å². The maximum absolute atomic E-state index is 13.0. The molecule has 1 aromatic rings. The SMILES string of the molecule is C=C(F)C(O)(CO)c1cc(Cl)cc(Cl)c1. The summed E-state index contributed by atoms with van der Waals surface area (Å²) in [5, 5.41) is 19.2. The van der Waals surface area contributed by atoms with Gasteiger partial charge in [0.2, 0.25) is 0 Å². The van der Waals surface area contributed by atoms with Crippen molar-refractivity contribution in [3.63, 3.8) is 0 Å². The van der Waals surface area contributed by atoms with Crippen molar-refractivity contribution < 1.29 is 14.6 Å². The van der Waals surface area contributed by atoms with Crippen LogP contribution >= 0.6 is 23.2 Å². The summed E-state index contributed by atoms with van der Waals surface area (Å²) in [6.45, 7) is 2.14. The standard InChI is InChI=1S/C10H9Cl2FO2/c1-6(13)10(15,5-14)7-2-8(11)4-9(12)3-7/h2-4,14-15H,1,5H2. The van der Waals surface area contributed by atoms with E-state index in [1.807, 2.05) is 0 Å². The largest absolute Gasteiger partial charge is 0.393 e. The Morgan fingerprint density at radius 3 is 2.13 bits per heavy atom. The van der Waals surface area contributed by atoms with Crippen LogP contribution in [0, 0.1) is 0 Å². The zero-order valence-electron chi connectivity index (χ0n) is 7.67. The van der Waals surface area contributed by atoms with Gasteiger partial charge < -0.3 is 10.2 Å². The average Bonchev–Trinajstić information content (AvgIpc) is 2.14. The Morgan fingerprint density at radius 1 is 1.33 bits per heavy atom. The van der Waals surface area contributed by atoms with E-state index >= 15 is 0 Å². The van der Waals surface area contributed by atoms with Crippen molar-refractivity contribution in [3.05, 3.63) is 46.2 Å². The molecule has 2 N–H and O–H groups in total. The maximum atomic E-state index is 13.0. The minimum atomic E-state index is -2.16. The fraction of sp³-hybridized carbons (Fsp3) is 0.200. The summed E-state index contributed by atoms with van der Waals surface area (Å²) in [6, 6.07) is 4.06. The van der Waals surface area contributed by atoms with Crippen LogP contribution in [0.4, 0.5) is 4.39 Å². The Hall–Kier alpha value is -0.610. The minimum Gasteiger partial charge on any atom is -0.393 e. The first-order valence-corrected chi connectivity index (χ1v) is 4.80. The first kappa shape index (κ1) is 12.5. The van der Waals surface area contributed by atoms with Gasteiger partial charge in [-0.25, -0.2) is 4.39 Å². The van der Waals surface area contributed by atoms with E-state index in [-0.39, 0.29) is 15.6 Å². The Bertz CT molecular complexity index is 375. The van der Waals surface area contributed by atoms with E-state index in [1.54, 1.807) is 0 Å². The normalized spacial score (nSPS) is 14.7. The summed E-state index contributed by atoms with van der Waals surface area (Å²) in [5.74, 6) is -1.07. The molecule has 15 heavy (non-hydrogen) atoms. The molecule has 1 rings (SSSR count). The minimum absolute atomic E-state index is 0.0648. The van der Waals surface area contributed by atoms with Gasteiger partial charge in [-0.2, -0.15) is 0 Å². The van der Waals surface area contributed by atoms with Crippen molar-refractivity contribution in [3.8, 4) is 0 Å². The summed E-state index contributed by atoms with van der Waals surface area (Å²) in [7, 11) is 0. The molecule has 0 amide bonds. The molecular formula is C10H9Cl2FO2. The van der Waals surface area contributed by atoms with Crippen molar-refractivity contribution >= 4 is 23.2 Å². The molecule has 0 fully saturated rings. The predicted molar refractivity (Wildman–Crippen MR) is 57.7 cm³/mol. The Morgan fingerprint density at radius 2 is 1.80 bits per heavy atom.